The second-order valence-electron chi connectivity index (χ2n) is 5.59. The number of piperidine rings is 1. The molecule has 0 radical (unpaired) electrons. The molecule has 0 atom stereocenters. The highest BCUT2D eigenvalue weighted by molar-refractivity contribution is 5.68. The topological polar surface area (TPSA) is 59.6 Å². The Morgan fingerprint density at radius 1 is 1.35 bits per heavy atom. The summed E-state index contributed by atoms with van der Waals surface area (Å²) in [6, 6.07) is 0. The van der Waals surface area contributed by atoms with Crippen LogP contribution in [0.2, 0.25) is 0 Å². The van der Waals surface area contributed by atoms with Crippen molar-refractivity contribution in [1.82, 2.24) is 10.6 Å². The normalized spacial score (nSPS) is 19.8. The Morgan fingerprint density at radius 3 is 2.41 bits per heavy atom. The molecule has 0 aromatic heterocycles. The molecule has 100 valence electrons. The number of hydrogen-bond acceptors (Lipinski definition) is 4. The van der Waals surface area contributed by atoms with Crippen LogP contribution in [0.3, 0.4) is 0 Å². The van der Waals surface area contributed by atoms with Crippen LogP contribution in [0.25, 0.3) is 0 Å². The summed E-state index contributed by atoms with van der Waals surface area (Å²) in [6.07, 6.45) is 1.36. The minimum atomic E-state index is -0.467. The maximum Gasteiger partial charge on any atom is 0.408 e. The van der Waals surface area contributed by atoms with Gasteiger partial charge in [0.15, 0.2) is 0 Å². The second-order valence-corrected chi connectivity index (χ2v) is 5.59. The number of methoxy groups -OCH3 is 1. The van der Waals surface area contributed by atoms with Crippen LogP contribution in [0.4, 0.5) is 4.79 Å². The van der Waals surface area contributed by atoms with Crippen LogP contribution in [0.1, 0.15) is 33.6 Å². The van der Waals surface area contributed by atoms with E-state index in [-0.39, 0.29) is 11.6 Å². The Balaban J connectivity index is 2.57. The van der Waals surface area contributed by atoms with E-state index < -0.39 is 5.60 Å². The predicted octanol–water partition coefficient (Wildman–Crippen LogP) is 1.28. The van der Waals surface area contributed by atoms with Gasteiger partial charge in [-0.25, -0.2) is 4.79 Å². The summed E-state index contributed by atoms with van der Waals surface area (Å²) in [7, 11) is 1.65. The number of amides is 1. The molecule has 1 heterocycles. The van der Waals surface area contributed by atoms with Crippen molar-refractivity contribution >= 4 is 6.09 Å². The highest BCUT2D eigenvalue weighted by Crippen LogP contribution is 2.19. The van der Waals surface area contributed by atoms with E-state index in [4.69, 9.17) is 9.47 Å². The third-order valence-corrected chi connectivity index (χ3v) is 2.75. The van der Waals surface area contributed by atoms with Gasteiger partial charge < -0.3 is 20.1 Å². The van der Waals surface area contributed by atoms with E-state index in [9.17, 15) is 4.79 Å². The molecule has 0 aromatic rings. The molecule has 0 bridgehead atoms. The van der Waals surface area contributed by atoms with E-state index in [0.29, 0.717) is 6.61 Å². The summed E-state index contributed by atoms with van der Waals surface area (Å²) in [6.45, 7) is 7.88. The maximum absolute atomic E-state index is 11.8. The van der Waals surface area contributed by atoms with E-state index >= 15 is 0 Å². The average molecular weight is 244 g/mol. The smallest absolute Gasteiger partial charge is 0.408 e. The summed E-state index contributed by atoms with van der Waals surface area (Å²) in [5.41, 5.74) is -0.756. The van der Waals surface area contributed by atoms with Gasteiger partial charge in [-0.15, -0.1) is 0 Å². The average Bonchev–Trinajstić information content (AvgIpc) is 2.15. The van der Waals surface area contributed by atoms with Gasteiger partial charge in [0.05, 0.1) is 12.1 Å². The van der Waals surface area contributed by atoms with E-state index in [1.54, 1.807) is 7.11 Å². The van der Waals surface area contributed by atoms with Crippen molar-refractivity contribution in [3.8, 4) is 0 Å². The van der Waals surface area contributed by atoms with Crippen molar-refractivity contribution in [2.45, 2.75) is 44.8 Å². The van der Waals surface area contributed by atoms with Gasteiger partial charge in [0.1, 0.15) is 5.60 Å². The molecule has 17 heavy (non-hydrogen) atoms. The van der Waals surface area contributed by atoms with Crippen LogP contribution in [-0.4, -0.2) is 44.0 Å². The first-order valence-corrected chi connectivity index (χ1v) is 6.08. The number of hydrogen-bond donors (Lipinski definition) is 2. The molecule has 0 spiro atoms. The molecule has 2 N–H and O–H groups in total. The molecule has 1 fully saturated rings. The molecule has 0 aromatic carbocycles. The van der Waals surface area contributed by atoms with Gasteiger partial charge >= 0.3 is 6.09 Å². The standard InChI is InChI=1S/C12H24N2O3/c1-11(2,3)17-10(15)14-12(9-16-4)5-7-13-8-6-12/h13H,5-9H2,1-4H3,(H,14,15). The molecule has 1 rings (SSSR count). The van der Waals surface area contributed by atoms with Crippen molar-refractivity contribution in [3.63, 3.8) is 0 Å². The SMILES string of the molecule is COCC1(NC(=O)OC(C)(C)C)CCNCC1. The van der Waals surface area contributed by atoms with Crippen LogP contribution in [-0.2, 0) is 9.47 Å². The molecule has 5 nitrogen and oxygen atoms in total. The summed E-state index contributed by atoms with van der Waals surface area (Å²) in [4.78, 5) is 11.8. The molecule has 1 saturated heterocycles. The van der Waals surface area contributed by atoms with Crippen molar-refractivity contribution in [3.05, 3.63) is 0 Å². The zero-order valence-corrected chi connectivity index (χ0v) is 11.3. The fraction of sp³-hybridized carbons (Fsp3) is 0.917. The first kappa shape index (κ1) is 14.3. The molecule has 5 heteroatoms. The Hall–Kier alpha value is -0.810. The third kappa shape index (κ3) is 4.91. The maximum atomic E-state index is 11.8. The van der Waals surface area contributed by atoms with E-state index in [1.807, 2.05) is 20.8 Å². The number of carbonyl (C=O) groups excluding carboxylic acids is 1. The fourth-order valence-electron chi connectivity index (χ4n) is 2.01. The Labute approximate surface area is 103 Å². The summed E-state index contributed by atoms with van der Waals surface area (Å²) >= 11 is 0. The van der Waals surface area contributed by atoms with Crippen molar-refractivity contribution in [2.24, 2.45) is 0 Å². The van der Waals surface area contributed by atoms with Crippen LogP contribution < -0.4 is 10.6 Å². The van der Waals surface area contributed by atoms with Crippen molar-refractivity contribution in [2.75, 3.05) is 26.8 Å². The van der Waals surface area contributed by atoms with Crippen LogP contribution in [0.5, 0.6) is 0 Å². The van der Waals surface area contributed by atoms with Crippen LogP contribution in [0.15, 0.2) is 0 Å². The zero-order chi connectivity index (χ0) is 12.9. The van der Waals surface area contributed by atoms with Gasteiger partial charge in [-0.3, -0.25) is 0 Å². The molecule has 0 saturated carbocycles. The van der Waals surface area contributed by atoms with E-state index in [2.05, 4.69) is 10.6 Å². The molecule has 0 unspecified atom stereocenters. The third-order valence-electron chi connectivity index (χ3n) is 2.75. The largest absolute Gasteiger partial charge is 0.444 e. The molecular formula is C12H24N2O3. The highest BCUT2D eigenvalue weighted by Gasteiger charge is 2.35. The monoisotopic (exact) mass is 244 g/mol. The quantitative estimate of drug-likeness (QED) is 0.785. The highest BCUT2D eigenvalue weighted by atomic mass is 16.6. The zero-order valence-electron chi connectivity index (χ0n) is 11.3. The van der Waals surface area contributed by atoms with Gasteiger partial charge in [-0.2, -0.15) is 0 Å². The lowest BCUT2D eigenvalue weighted by Crippen LogP contribution is -2.57. The predicted molar refractivity (Wildman–Crippen MR) is 66.1 cm³/mol. The van der Waals surface area contributed by atoms with Gasteiger partial charge in [0, 0.05) is 7.11 Å². The summed E-state index contributed by atoms with van der Waals surface area (Å²) in [5, 5.41) is 6.24. The van der Waals surface area contributed by atoms with Crippen LogP contribution >= 0.6 is 0 Å². The van der Waals surface area contributed by atoms with Crippen molar-refractivity contribution in [1.29, 1.82) is 0 Å². The van der Waals surface area contributed by atoms with E-state index in [0.717, 1.165) is 25.9 Å². The number of carbonyl (C=O) groups is 1. The number of rotatable bonds is 3. The molecule has 0 aliphatic carbocycles. The number of alkyl carbamates (subject to hydrolysis) is 1. The Morgan fingerprint density at radius 2 is 1.94 bits per heavy atom. The lowest BCUT2D eigenvalue weighted by molar-refractivity contribution is 0.0301. The second kappa shape index (κ2) is 5.69. The van der Waals surface area contributed by atoms with Gasteiger partial charge in [-0.1, -0.05) is 0 Å². The molecule has 1 amide bonds. The minimum Gasteiger partial charge on any atom is -0.444 e. The Bertz CT molecular complexity index is 249. The van der Waals surface area contributed by atoms with Crippen molar-refractivity contribution < 1.29 is 14.3 Å². The molecular weight excluding hydrogens is 220 g/mol. The summed E-state index contributed by atoms with van der Waals surface area (Å²) in [5.74, 6) is 0. The Kier molecular flexibility index (Phi) is 4.77. The summed E-state index contributed by atoms with van der Waals surface area (Å²) < 4.78 is 10.5. The van der Waals surface area contributed by atoms with Crippen LogP contribution in [0, 0.1) is 0 Å². The lowest BCUT2D eigenvalue weighted by Gasteiger charge is -2.38. The van der Waals surface area contributed by atoms with Gasteiger partial charge in [0.2, 0.25) is 0 Å². The molecule has 1 aliphatic rings. The number of ether oxygens (including phenoxy) is 2. The first-order valence-electron chi connectivity index (χ1n) is 6.08. The van der Waals surface area contributed by atoms with Gasteiger partial charge in [0.25, 0.3) is 0 Å². The minimum absolute atomic E-state index is 0.289. The molecule has 1 aliphatic heterocycles. The van der Waals surface area contributed by atoms with E-state index in [1.165, 1.54) is 0 Å². The lowest BCUT2D eigenvalue weighted by atomic mass is 9.89. The van der Waals surface area contributed by atoms with Gasteiger partial charge in [-0.05, 0) is 46.7 Å². The first-order chi connectivity index (χ1) is 7.87. The number of nitrogens with one attached hydrogen (secondary N) is 2. The fourth-order valence-corrected chi connectivity index (χ4v) is 2.01.